The Labute approximate surface area is 309 Å². The van der Waals surface area contributed by atoms with Crippen molar-refractivity contribution in [1.82, 2.24) is 4.57 Å². The fourth-order valence-corrected chi connectivity index (χ4v) is 8.11. The van der Waals surface area contributed by atoms with Crippen LogP contribution in [0.4, 0.5) is 22.7 Å². The van der Waals surface area contributed by atoms with E-state index in [1.165, 1.54) is 16.6 Å². The van der Waals surface area contributed by atoms with Gasteiger partial charge in [0.15, 0.2) is 0 Å². The zero-order valence-electron chi connectivity index (χ0n) is 29.0. The van der Waals surface area contributed by atoms with Gasteiger partial charge in [-0.3, -0.25) is 0 Å². The first-order valence-corrected chi connectivity index (χ1v) is 18.0. The third-order valence-corrected chi connectivity index (χ3v) is 10.5. The van der Waals surface area contributed by atoms with Crippen LogP contribution in [0.3, 0.4) is 0 Å². The van der Waals surface area contributed by atoms with Crippen molar-refractivity contribution < 1.29 is 0 Å². The van der Waals surface area contributed by atoms with E-state index in [0.29, 0.717) is 11.4 Å². The van der Waals surface area contributed by atoms with Crippen LogP contribution in [0, 0.1) is 23.8 Å². The second kappa shape index (κ2) is 13.6. The SMILES string of the molecule is [C-]#[N+]C1=C(N(c2ccccc2)c2ccccc2)C(C#N)C(n2c3ccc(N4C/C=C\C=C/Cc5ccccc54)cc3c3c4ccccc4ccc32)C=C1. The van der Waals surface area contributed by atoms with E-state index in [2.05, 4.69) is 135 Å². The molecule has 0 saturated heterocycles. The lowest BCUT2D eigenvalue weighted by atomic mass is 9.89. The van der Waals surface area contributed by atoms with Gasteiger partial charge >= 0.3 is 0 Å². The van der Waals surface area contributed by atoms with Gasteiger partial charge in [0.2, 0.25) is 5.70 Å². The molecule has 2 heterocycles. The summed E-state index contributed by atoms with van der Waals surface area (Å²) in [5.74, 6) is -0.669. The first-order valence-electron chi connectivity index (χ1n) is 18.0. The fourth-order valence-electron chi connectivity index (χ4n) is 8.11. The predicted octanol–water partition coefficient (Wildman–Crippen LogP) is 12.0. The van der Waals surface area contributed by atoms with E-state index in [9.17, 15) is 5.26 Å². The number of anilines is 4. The van der Waals surface area contributed by atoms with Crippen LogP contribution < -0.4 is 9.80 Å². The molecular formula is C48H35N5. The average molecular weight is 682 g/mol. The molecule has 2 unspecified atom stereocenters. The number of nitriles is 1. The predicted molar refractivity (Wildman–Crippen MR) is 218 cm³/mol. The lowest BCUT2D eigenvalue weighted by Gasteiger charge is -2.36. The summed E-state index contributed by atoms with van der Waals surface area (Å²) < 4.78 is 2.33. The number of fused-ring (bicyclic) bond motifs is 6. The van der Waals surface area contributed by atoms with Crippen molar-refractivity contribution in [3.63, 3.8) is 0 Å². The van der Waals surface area contributed by atoms with Gasteiger partial charge in [-0.15, -0.1) is 0 Å². The summed E-state index contributed by atoms with van der Waals surface area (Å²) in [6.45, 7) is 9.01. The minimum atomic E-state index is -0.669. The number of para-hydroxylation sites is 3. The lowest BCUT2D eigenvalue weighted by molar-refractivity contribution is 0.528. The monoisotopic (exact) mass is 681 g/mol. The molecule has 7 aromatic rings. The van der Waals surface area contributed by atoms with E-state index < -0.39 is 5.92 Å². The highest BCUT2D eigenvalue weighted by Gasteiger charge is 2.36. The van der Waals surface area contributed by atoms with Crippen molar-refractivity contribution in [3.05, 3.63) is 204 Å². The Kier molecular flexibility index (Phi) is 8.16. The third-order valence-electron chi connectivity index (χ3n) is 10.5. The van der Waals surface area contributed by atoms with Crippen LogP contribution in [0.1, 0.15) is 11.6 Å². The Balaban J connectivity index is 1.27. The van der Waals surface area contributed by atoms with Crippen LogP contribution in [0.15, 0.2) is 187 Å². The summed E-state index contributed by atoms with van der Waals surface area (Å²) >= 11 is 0. The molecule has 2 aliphatic rings. The summed E-state index contributed by atoms with van der Waals surface area (Å²) in [5, 5.41) is 15.8. The number of hydrogen-bond donors (Lipinski definition) is 0. The molecule has 0 N–H and O–H groups in total. The van der Waals surface area contributed by atoms with Gasteiger partial charge in [-0.25, -0.2) is 4.85 Å². The van der Waals surface area contributed by atoms with E-state index in [4.69, 9.17) is 6.57 Å². The first kappa shape index (κ1) is 31.9. The molecule has 2 atom stereocenters. The Hall–Kier alpha value is -7.08. The molecule has 0 bridgehead atoms. The normalized spacial score (nSPS) is 18.1. The van der Waals surface area contributed by atoms with Crippen molar-refractivity contribution in [3.8, 4) is 6.07 Å². The van der Waals surface area contributed by atoms with Crippen molar-refractivity contribution in [2.24, 2.45) is 5.92 Å². The lowest BCUT2D eigenvalue weighted by Crippen LogP contribution is -2.30. The van der Waals surface area contributed by atoms with Gasteiger partial charge in [-0.2, -0.15) is 5.26 Å². The van der Waals surface area contributed by atoms with Gasteiger partial charge in [0, 0.05) is 51.3 Å². The Morgan fingerprint density at radius 3 is 2.19 bits per heavy atom. The highest BCUT2D eigenvalue weighted by molar-refractivity contribution is 6.21. The molecule has 0 spiro atoms. The zero-order chi connectivity index (χ0) is 35.7. The minimum absolute atomic E-state index is 0.387. The summed E-state index contributed by atoms with van der Waals surface area (Å²) in [7, 11) is 0. The molecule has 0 fully saturated rings. The van der Waals surface area contributed by atoms with Crippen molar-refractivity contribution >= 4 is 55.3 Å². The van der Waals surface area contributed by atoms with Crippen LogP contribution in [0.2, 0.25) is 0 Å². The van der Waals surface area contributed by atoms with E-state index >= 15 is 0 Å². The van der Waals surface area contributed by atoms with Crippen molar-refractivity contribution in [2.75, 3.05) is 16.3 Å². The molecule has 5 heteroatoms. The molecule has 252 valence electrons. The number of rotatable bonds is 5. The number of benzene rings is 6. The largest absolute Gasteiger partial charge is 0.337 e. The fraction of sp³-hybridized carbons (Fsp3) is 0.0833. The molecule has 53 heavy (non-hydrogen) atoms. The molecular weight excluding hydrogens is 647 g/mol. The number of allylic oxidation sites excluding steroid dienone is 6. The second-order valence-corrected chi connectivity index (χ2v) is 13.4. The molecule has 0 amide bonds. The Bertz CT molecular complexity index is 2680. The highest BCUT2D eigenvalue weighted by Crippen LogP contribution is 2.46. The van der Waals surface area contributed by atoms with Gasteiger partial charge in [-0.05, 0) is 77.4 Å². The number of nitrogens with zero attached hydrogens (tertiary/aromatic N) is 5. The quantitative estimate of drug-likeness (QED) is 0.170. The molecule has 5 nitrogen and oxygen atoms in total. The molecule has 1 aromatic heterocycles. The molecule has 0 radical (unpaired) electrons. The number of hydrogen-bond acceptors (Lipinski definition) is 3. The zero-order valence-corrected chi connectivity index (χ0v) is 29.0. The van der Waals surface area contributed by atoms with E-state index in [-0.39, 0.29) is 6.04 Å². The van der Waals surface area contributed by atoms with Gasteiger partial charge in [0.1, 0.15) is 5.92 Å². The maximum atomic E-state index is 11.2. The Morgan fingerprint density at radius 1 is 0.717 bits per heavy atom. The van der Waals surface area contributed by atoms with Crippen LogP contribution in [0.25, 0.3) is 37.4 Å². The average Bonchev–Trinajstić information content (AvgIpc) is 3.60. The van der Waals surface area contributed by atoms with Gasteiger partial charge in [0.25, 0.3) is 0 Å². The van der Waals surface area contributed by atoms with Crippen molar-refractivity contribution in [1.29, 1.82) is 5.26 Å². The summed E-state index contributed by atoms with van der Waals surface area (Å²) in [6, 6.07) is 50.7. The van der Waals surface area contributed by atoms with Gasteiger partial charge < -0.3 is 14.4 Å². The van der Waals surface area contributed by atoms with E-state index in [1.54, 1.807) is 0 Å². The Morgan fingerprint density at radius 2 is 1.42 bits per heavy atom. The van der Waals surface area contributed by atoms with Crippen LogP contribution >= 0.6 is 0 Å². The number of aromatic nitrogens is 1. The first-order chi connectivity index (χ1) is 26.2. The summed E-state index contributed by atoms with van der Waals surface area (Å²) in [4.78, 5) is 8.49. The maximum absolute atomic E-state index is 11.2. The third kappa shape index (κ3) is 5.48. The smallest absolute Gasteiger partial charge is 0.207 e. The van der Waals surface area contributed by atoms with Crippen LogP contribution in [0.5, 0.6) is 0 Å². The van der Waals surface area contributed by atoms with Gasteiger partial charge in [-0.1, -0.05) is 121 Å². The summed E-state index contributed by atoms with van der Waals surface area (Å²) in [6.07, 6.45) is 13.5. The standard InChI is InChI=1S/C48H35N5/c1-50-42-27-30-45(41(33-49)48(42)52(36-19-7-4-8-20-36)37-21-9-5-10-22-37)53-44-29-26-38(51-31-15-3-2-6-17-35-18-12-14-24-43(35)51)32-40(44)47-39-23-13-11-16-34(39)25-28-46(47)53/h2-16,18-30,32,41,45H,17,31H2/b6-2-,15-3-. The van der Waals surface area contributed by atoms with Crippen molar-refractivity contribution in [2.45, 2.75) is 12.5 Å². The van der Waals surface area contributed by atoms with Crippen LogP contribution in [-0.4, -0.2) is 11.1 Å². The molecule has 1 aliphatic carbocycles. The highest BCUT2D eigenvalue weighted by atomic mass is 15.2. The van der Waals surface area contributed by atoms with Gasteiger partial charge in [0.05, 0.1) is 24.2 Å². The second-order valence-electron chi connectivity index (χ2n) is 13.4. The van der Waals surface area contributed by atoms with E-state index in [1.807, 2.05) is 66.7 Å². The molecule has 6 aromatic carbocycles. The van der Waals surface area contributed by atoms with E-state index in [0.717, 1.165) is 57.2 Å². The molecule has 1 aliphatic heterocycles. The topological polar surface area (TPSA) is 39.6 Å². The minimum Gasteiger partial charge on any atom is -0.337 e. The van der Waals surface area contributed by atoms with Crippen LogP contribution in [-0.2, 0) is 6.42 Å². The summed E-state index contributed by atoms with van der Waals surface area (Å²) in [5.41, 5.74) is 8.61. The maximum Gasteiger partial charge on any atom is 0.207 e. The molecule has 0 saturated carbocycles. The molecule has 9 rings (SSSR count).